The van der Waals surface area contributed by atoms with Crippen molar-refractivity contribution in [2.75, 3.05) is 37.9 Å². The minimum absolute atomic E-state index is 0. The van der Waals surface area contributed by atoms with E-state index in [0.29, 0.717) is 27.4 Å². The number of alkyl halides is 2. The molecule has 4 atom stereocenters. The maximum atomic E-state index is 14.4. The molecule has 2 aliphatic heterocycles. The Labute approximate surface area is 520 Å². The molecule has 6 aromatic heterocycles. The fraction of sp³-hybridized carbons (Fsp3) is 0.269. The lowest BCUT2D eigenvalue weighted by Crippen LogP contribution is -2.44. The Morgan fingerprint density at radius 2 is 1.12 bits per heavy atom. The smallest absolute Gasteiger partial charge is 0.325 e. The van der Waals surface area contributed by atoms with Gasteiger partial charge in [0.05, 0.1) is 37.8 Å². The number of nitrogens with zero attached hydrogens (tertiary/aromatic N) is 11. The number of anilines is 2. The number of fused-ring (bicyclic) bond motifs is 2. The molecule has 0 saturated carbocycles. The lowest BCUT2D eigenvalue weighted by molar-refractivity contribution is -0.138. The molecule has 33 heteroatoms. The Kier molecular flexibility index (Phi) is 24.8. The standard InChI is InChI=1S/C26H22BrF2N7O4.C16H14N4O4.C10H10BrF2N3O.ClH.S2.H2S/c1-13(37)23-17-7-14(15-9-30-26(40-2)31-10-15)3-5-19(17)36(34-23)12-22(38)35-11-16(28)8-20(35)25(39)33-21-6-4-18(29)24(27)32-21;1-9(21)15-12-5-10(11-6-17-16(24-2)18-7-11)3-4-13(12)20(19-15)8-14(22)23;11-9-6(13)1-2-8(15-9)16-10(17)7-3-5(12)4-14-7;;1-2;/h3-7,9-10,16,20H,8,11-12H2,1-2H3,(H,32,33,39);3-7H,8H2,1-2H3,(H,22,23);1-2,5,7,14H,3-4H2,(H,15,16,17);1H;;1H2/t16-,20+;;5-,7+;;;/m1.1.../s1. The highest BCUT2D eigenvalue weighted by atomic mass is 79.9. The normalized spacial score (nSPS) is 15.7. The minimum atomic E-state index is -1.41. The number of ether oxygens (including phenoxy) is 2. The van der Waals surface area contributed by atoms with Crippen LogP contribution in [0.1, 0.15) is 47.7 Å². The molecular formula is C52H49Br2ClF4N14O9S3. The van der Waals surface area contributed by atoms with Gasteiger partial charge in [-0.05, 0) is 91.5 Å². The molecule has 23 nitrogen and oxygen atoms in total. The van der Waals surface area contributed by atoms with Gasteiger partial charge in [0.25, 0.3) is 0 Å². The third kappa shape index (κ3) is 17.1. The van der Waals surface area contributed by atoms with E-state index in [1.54, 1.807) is 61.2 Å². The van der Waals surface area contributed by atoms with Crippen LogP contribution < -0.4 is 25.4 Å². The molecule has 0 aliphatic carbocycles. The summed E-state index contributed by atoms with van der Waals surface area (Å²) in [7, 11) is 2.94. The van der Waals surface area contributed by atoms with Crippen molar-refractivity contribution in [1.29, 1.82) is 0 Å². The summed E-state index contributed by atoms with van der Waals surface area (Å²) in [6.07, 6.45) is 3.92. The lowest BCUT2D eigenvalue weighted by atomic mass is 10.0. The fourth-order valence-electron chi connectivity index (χ4n) is 8.57. The number of ketones is 2. The van der Waals surface area contributed by atoms with Crippen molar-refractivity contribution < 1.29 is 60.9 Å². The van der Waals surface area contributed by atoms with Crippen molar-refractivity contribution in [3.8, 4) is 34.3 Å². The summed E-state index contributed by atoms with van der Waals surface area (Å²) < 4.78 is 66.2. The van der Waals surface area contributed by atoms with Crippen molar-refractivity contribution in [1.82, 2.24) is 59.7 Å². The molecule has 2 fully saturated rings. The zero-order chi connectivity index (χ0) is 60.2. The van der Waals surface area contributed by atoms with Gasteiger partial charge in [0.1, 0.15) is 63.7 Å². The maximum Gasteiger partial charge on any atom is 0.325 e. The molecule has 0 unspecified atom stereocenters. The second-order valence-corrected chi connectivity index (χ2v) is 19.5. The van der Waals surface area contributed by atoms with Crippen LogP contribution in [0.3, 0.4) is 0 Å². The molecular weight excluding hydrogens is 1330 g/mol. The topological polar surface area (TPSA) is 293 Å². The van der Waals surface area contributed by atoms with Crippen molar-refractivity contribution >= 4 is 149 Å². The number of likely N-dealkylation sites (tertiary alicyclic amines) is 1. The number of rotatable bonds is 14. The Balaban J connectivity index is 0.000000249. The van der Waals surface area contributed by atoms with Crippen LogP contribution in [0.25, 0.3) is 44.1 Å². The van der Waals surface area contributed by atoms with Crippen LogP contribution >= 0.6 is 57.8 Å². The van der Waals surface area contributed by atoms with Crippen LogP contribution in [0.4, 0.5) is 29.2 Å². The summed E-state index contributed by atoms with van der Waals surface area (Å²) in [5.41, 5.74) is 4.44. The van der Waals surface area contributed by atoms with Gasteiger partial charge in [-0.1, -0.05) is 12.1 Å². The number of carbonyl (C=O) groups excluding carboxylic acids is 5. The highest BCUT2D eigenvalue weighted by Gasteiger charge is 2.40. The first-order chi connectivity index (χ1) is 39.7. The molecule has 2 aliphatic rings. The Morgan fingerprint density at radius 1 is 0.671 bits per heavy atom. The number of benzene rings is 2. The number of methoxy groups -OCH3 is 2. The van der Waals surface area contributed by atoms with E-state index in [4.69, 9.17) is 14.6 Å². The Bertz CT molecular complexity index is 3750. The van der Waals surface area contributed by atoms with Crippen molar-refractivity contribution in [3.05, 3.63) is 118 Å². The third-order valence-corrected chi connectivity index (χ3v) is 13.5. The van der Waals surface area contributed by atoms with Crippen LogP contribution in [0.15, 0.2) is 94.7 Å². The van der Waals surface area contributed by atoms with Gasteiger partial charge in [0, 0.05) is 102 Å². The number of nitrogens with one attached hydrogen (secondary N) is 3. The molecule has 2 aromatic carbocycles. The van der Waals surface area contributed by atoms with Gasteiger partial charge in [0.2, 0.25) is 17.7 Å². The minimum Gasteiger partial charge on any atom is -0.480 e. The maximum absolute atomic E-state index is 14.4. The SMILES string of the molecule is COc1ncc(-c2ccc3c(c2)c(C(C)=O)nn3CC(=O)N2C[C@H](F)C[C@H]2C(=O)Nc2ccc(F)c(Br)n2)cn1.COc1ncc(-c2ccc3c(c2)c(C(C)=O)nn3CC(=O)O)cn1.Cl.O=C(Nc1ccc(F)c(Br)n1)[C@@H]1C[C@@H](F)CN1.S.S=S. The number of hydrogen-bond acceptors (Lipinski definition) is 19. The summed E-state index contributed by atoms with van der Waals surface area (Å²) in [6.45, 7) is 2.03. The van der Waals surface area contributed by atoms with E-state index in [1.165, 1.54) is 55.6 Å². The van der Waals surface area contributed by atoms with Gasteiger partial charge in [-0.3, -0.25) is 38.1 Å². The van der Waals surface area contributed by atoms with Crippen LogP contribution in [0.5, 0.6) is 12.0 Å². The lowest BCUT2D eigenvalue weighted by Gasteiger charge is -2.23. The average Bonchev–Trinajstić information content (AvgIpc) is 3.46. The zero-order valence-electron chi connectivity index (χ0n) is 44.8. The molecule has 4 N–H and O–H groups in total. The molecule has 8 aromatic rings. The number of aromatic nitrogens is 10. The van der Waals surface area contributed by atoms with E-state index in [9.17, 15) is 46.3 Å². The van der Waals surface area contributed by atoms with Gasteiger partial charge < -0.3 is 35.4 Å². The Hall–Kier alpha value is -7.62. The van der Waals surface area contributed by atoms with Gasteiger partial charge in [-0.15, -0.1) is 12.4 Å². The fourth-order valence-corrected chi connectivity index (χ4v) is 9.21. The van der Waals surface area contributed by atoms with Gasteiger partial charge in [-0.2, -0.15) is 23.7 Å². The molecule has 0 bridgehead atoms. The number of pyridine rings is 2. The highest BCUT2D eigenvalue weighted by molar-refractivity contribution is 9.10. The molecule has 448 valence electrons. The molecule has 2 saturated heterocycles. The molecule has 0 spiro atoms. The monoisotopic (exact) mass is 1380 g/mol. The predicted octanol–water partition coefficient (Wildman–Crippen LogP) is 7.52. The summed E-state index contributed by atoms with van der Waals surface area (Å²) in [5, 5.41) is 26.3. The zero-order valence-corrected chi connectivity index (χ0v) is 51.4. The summed E-state index contributed by atoms with van der Waals surface area (Å²) in [6, 6.07) is 14.3. The van der Waals surface area contributed by atoms with Crippen molar-refractivity contribution in [2.45, 2.75) is 64.2 Å². The molecule has 85 heavy (non-hydrogen) atoms. The second kappa shape index (κ2) is 31.0. The van der Waals surface area contributed by atoms with E-state index in [0.717, 1.165) is 27.7 Å². The number of hydrogen-bond donors (Lipinski definition) is 4. The first-order valence-electron chi connectivity index (χ1n) is 24.4. The summed E-state index contributed by atoms with van der Waals surface area (Å²) in [4.78, 5) is 98.3. The predicted molar refractivity (Wildman–Crippen MR) is 322 cm³/mol. The van der Waals surface area contributed by atoms with Gasteiger partial charge in [0.15, 0.2) is 23.2 Å². The highest BCUT2D eigenvalue weighted by Crippen LogP contribution is 2.30. The van der Waals surface area contributed by atoms with E-state index >= 15 is 0 Å². The van der Waals surface area contributed by atoms with Gasteiger partial charge in [-0.25, -0.2) is 47.5 Å². The largest absolute Gasteiger partial charge is 0.480 e. The van der Waals surface area contributed by atoms with Crippen LogP contribution in [0, 0.1) is 11.6 Å². The number of amides is 3. The van der Waals surface area contributed by atoms with Gasteiger partial charge >= 0.3 is 18.0 Å². The average molecular weight is 1380 g/mol. The van der Waals surface area contributed by atoms with Crippen molar-refractivity contribution in [2.24, 2.45) is 0 Å². The van der Waals surface area contributed by atoms with E-state index < -0.39 is 53.8 Å². The number of halogens is 7. The number of carboxylic acid groups (broad SMARTS) is 1. The second-order valence-electron chi connectivity index (χ2n) is 18.0. The van der Waals surface area contributed by atoms with E-state index in [2.05, 4.69) is 110 Å². The number of Topliss-reactive ketones (excluding diaryl/α,β-unsaturated/α-hetero) is 2. The van der Waals surface area contributed by atoms with Crippen LogP contribution in [-0.4, -0.2) is 146 Å². The molecule has 10 rings (SSSR count). The van der Waals surface area contributed by atoms with Crippen molar-refractivity contribution in [3.63, 3.8) is 0 Å². The number of carbonyl (C=O) groups is 6. The first kappa shape index (κ1) is 68.2. The quantitative estimate of drug-likeness (QED) is 0.0465. The van der Waals surface area contributed by atoms with Crippen LogP contribution in [0.2, 0.25) is 0 Å². The summed E-state index contributed by atoms with van der Waals surface area (Å²) >= 11 is 13.2. The first-order valence-corrected chi connectivity index (χ1v) is 27.3. The molecule has 3 amide bonds. The third-order valence-electron chi connectivity index (χ3n) is 12.4. The van der Waals surface area contributed by atoms with E-state index in [-0.39, 0.29) is 127 Å². The molecule has 8 heterocycles. The number of aliphatic carboxylic acids is 1. The van der Waals surface area contributed by atoms with E-state index in [1.807, 2.05) is 0 Å². The van der Waals surface area contributed by atoms with Crippen LogP contribution in [-0.2, 0) is 54.6 Å². The number of carboxylic acids is 1. The Morgan fingerprint density at radius 3 is 1.52 bits per heavy atom. The summed E-state index contributed by atoms with van der Waals surface area (Å²) in [5.74, 6) is -3.97. The molecule has 0 radical (unpaired) electrons.